The van der Waals surface area contributed by atoms with E-state index in [2.05, 4.69) is 9.72 Å². The molecule has 238 valence electrons. The Balaban J connectivity index is 0.000000239. The van der Waals surface area contributed by atoms with Gasteiger partial charge in [-0.3, -0.25) is 14.0 Å². The van der Waals surface area contributed by atoms with Crippen LogP contribution in [0.5, 0.6) is 0 Å². The fraction of sp³-hybridized carbons (Fsp3) is 0.441. The third kappa shape index (κ3) is 10.7. The number of rotatable bonds is 6. The third-order valence-electron chi connectivity index (χ3n) is 7.29. The molecule has 0 spiro atoms. The number of carbonyl (C=O) groups excluding carboxylic acids is 2. The van der Waals surface area contributed by atoms with Crippen LogP contribution in [0.3, 0.4) is 0 Å². The Morgan fingerprint density at radius 1 is 1.05 bits per heavy atom. The molecular formula is C34H42Cl2N2O5S. The summed E-state index contributed by atoms with van der Waals surface area (Å²) in [6, 6.07) is 20.3. The maximum Gasteiger partial charge on any atom is 0.339 e. The molecule has 44 heavy (non-hydrogen) atoms. The number of morpholine rings is 1. The number of ether oxygens (including phenoxy) is 2. The molecule has 4 atom stereocenters. The molecule has 5 rings (SSSR count). The minimum atomic E-state index is -1.01. The zero-order valence-corrected chi connectivity index (χ0v) is 28.5. The number of pyridine rings is 1. The summed E-state index contributed by atoms with van der Waals surface area (Å²) in [6.07, 6.45) is 3.24. The van der Waals surface area contributed by atoms with E-state index in [1.165, 1.54) is 13.3 Å². The highest BCUT2D eigenvalue weighted by Crippen LogP contribution is 2.41. The van der Waals surface area contributed by atoms with Gasteiger partial charge < -0.3 is 14.4 Å². The van der Waals surface area contributed by atoms with E-state index in [0.29, 0.717) is 28.9 Å². The second-order valence-electron chi connectivity index (χ2n) is 11.8. The molecule has 2 aliphatic rings. The van der Waals surface area contributed by atoms with Gasteiger partial charge in [0.2, 0.25) is 0 Å². The van der Waals surface area contributed by atoms with Crippen LogP contribution in [0.25, 0.3) is 0 Å². The highest BCUT2D eigenvalue weighted by atomic mass is 35.5. The number of aromatic nitrogens is 1. The van der Waals surface area contributed by atoms with Crippen molar-refractivity contribution in [2.24, 2.45) is 5.92 Å². The number of amides is 1. The second kappa shape index (κ2) is 16.5. The van der Waals surface area contributed by atoms with Crippen molar-refractivity contribution in [3.8, 4) is 0 Å². The van der Waals surface area contributed by atoms with Crippen LogP contribution in [0, 0.1) is 12.8 Å². The summed E-state index contributed by atoms with van der Waals surface area (Å²) in [7, 11) is 0.343. The zero-order valence-electron chi connectivity index (χ0n) is 26.2. The topological polar surface area (TPSA) is 85.8 Å². The van der Waals surface area contributed by atoms with Gasteiger partial charge in [0.05, 0.1) is 25.3 Å². The normalized spacial score (nSPS) is 19.5. The van der Waals surface area contributed by atoms with E-state index in [9.17, 15) is 13.8 Å². The van der Waals surface area contributed by atoms with Gasteiger partial charge in [-0.25, -0.2) is 4.79 Å². The number of aryl methyl sites for hydroxylation is 1. The average molecular weight is 662 g/mol. The summed E-state index contributed by atoms with van der Waals surface area (Å²) >= 11 is 11.6. The maximum absolute atomic E-state index is 13.1. The smallest absolute Gasteiger partial charge is 0.339 e. The van der Waals surface area contributed by atoms with Gasteiger partial charge in [-0.2, -0.15) is 0 Å². The Morgan fingerprint density at radius 2 is 1.66 bits per heavy atom. The number of hydrogen-bond acceptors (Lipinski definition) is 6. The molecule has 10 heteroatoms. The Kier molecular flexibility index (Phi) is 13.4. The molecule has 0 N–H and O–H groups in total. The van der Waals surface area contributed by atoms with Gasteiger partial charge >= 0.3 is 5.97 Å². The lowest BCUT2D eigenvalue weighted by Crippen LogP contribution is -2.55. The fourth-order valence-corrected chi connectivity index (χ4v) is 6.05. The van der Waals surface area contributed by atoms with E-state index in [0.717, 1.165) is 29.1 Å². The molecule has 1 aromatic heterocycles. The lowest BCUT2D eigenvalue weighted by molar-refractivity contribution is -0.162. The predicted molar refractivity (Wildman–Crippen MR) is 177 cm³/mol. The van der Waals surface area contributed by atoms with E-state index < -0.39 is 16.9 Å². The molecule has 1 saturated carbocycles. The number of halogens is 2. The summed E-state index contributed by atoms with van der Waals surface area (Å²) in [4.78, 5) is 29.8. The quantitative estimate of drug-likeness (QED) is 0.255. The van der Waals surface area contributed by atoms with Crippen molar-refractivity contribution in [1.29, 1.82) is 0 Å². The van der Waals surface area contributed by atoms with Crippen molar-refractivity contribution in [3.05, 3.63) is 99.8 Å². The van der Waals surface area contributed by atoms with Crippen molar-refractivity contribution in [3.63, 3.8) is 0 Å². The average Bonchev–Trinajstić information content (AvgIpc) is 3.84. The molecule has 2 heterocycles. The number of benzene rings is 2. The largest absolute Gasteiger partial charge is 0.465 e. The van der Waals surface area contributed by atoms with Crippen molar-refractivity contribution in [1.82, 2.24) is 9.88 Å². The second-order valence-corrected chi connectivity index (χ2v) is 14.9. The van der Waals surface area contributed by atoms with E-state index in [-0.39, 0.29) is 28.7 Å². The first-order chi connectivity index (χ1) is 20.8. The molecule has 3 aromatic rings. The first kappa shape index (κ1) is 35.7. The Morgan fingerprint density at radius 3 is 2.14 bits per heavy atom. The molecule has 1 amide bonds. The van der Waals surface area contributed by atoms with Crippen LogP contribution in [0.2, 0.25) is 10.0 Å². The summed E-state index contributed by atoms with van der Waals surface area (Å²) in [6.45, 7) is 10.1. The monoisotopic (exact) mass is 660 g/mol. The van der Waals surface area contributed by atoms with E-state index >= 15 is 0 Å². The number of hydrogen-bond donors (Lipinski definition) is 0. The van der Waals surface area contributed by atoms with E-state index in [1.54, 1.807) is 19.1 Å². The molecule has 1 aliphatic carbocycles. The number of carbonyl (C=O) groups is 2. The SMILES string of the molecule is CC1OC[C@@H](c2ccc(Cl)cc2)N(C(CS(=O)C(C)(C)C)C2CC2)C1=O.COC(=O)c1ccc(C)nc1.Clc1ccccc1. The lowest BCUT2D eigenvalue weighted by atomic mass is 9.99. The molecule has 1 saturated heterocycles. The maximum atomic E-state index is 13.1. The molecule has 2 aromatic carbocycles. The Hall–Kier alpha value is -2.78. The predicted octanol–water partition coefficient (Wildman–Crippen LogP) is 7.47. The van der Waals surface area contributed by atoms with Crippen molar-refractivity contribution < 1.29 is 23.3 Å². The molecule has 0 radical (unpaired) electrons. The van der Waals surface area contributed by atoms with Crippen LogP contribution in [-0.4, -0.2) is 62.3 Å². The molecular weight excluding hydrogens is 619 g/mol. The van der Waals surface area contributed by atoms with Gasteiger partial charge in [-0.1, -0.05) is 53.5 Å². The summed E-state index contributed by atoms with van der Waals surface area (Å²) in [5, 5.41) is 1.46. The number of methoxy groups -OCH3 is 1. The standard InChI is InChI=1S/C20H28ClNO3S.C8H9NO2.C6H5Cl/c1-13-19(23)22(17(11-25-13)14-7-9-16(21)10-8-14)18(15-5-6-15)12-26(24)20(2,3)4;1-6-3-4-7(5-9-6)8(10)11-2;7-6-4-2-1-3-5-6/h7-10,13,15,17-18H,5-6,11-12H2,1-4H3;3-5H,1-2H3;1-5H/t13?,17-,18?,26?;;/m0../s1. The van der Waals surface area contributed by atoms with Gasteiger partial charge in [0.15, 0.2) is 0 Å². The minimum absolute atomic E-state index is 0.000917. The van der Waals surface area contributed by atoms with Gasteiger partial charge in [-0.15, -0.1) is 0 Å². The van der Waals surface area contributed by atoms with Crippen molar-refractivity contribution in [2.75, 3.05) is 19.5 Å². The molecule has 2 fully saturated rings. The fourth-order valence-electron chi connectivity index (χ4n) is 4.54. The van der Waals surface area contributed by atoms with Gasteiger partial charge in [0.1, 0.15) is 6.10 Å². The lowest BCUT2D eigenvalue weighted by Gasteiger charge is -2.44. The number of esters is 1. The van der Waals surface area contributed by atoms with E-state index in [4.69, 9.17) is 27.9 Å². The summed E-state index contributed by atoms with van der Waals surface area (Å²) in [5.41, 5.74) is 2.39. The third-order valence-corrected chi connectivity index (χ3v) is 9.81. The van der Waals surface area contributed by atoms with Crippen LogP contribution in [-0.2, 0) is 25.1 Å². The van der Waals surface area contributed by atoms with Gasteiger partial charge in [0.25, 0.3) is 5.91 Å². The van der Waals surface area contributed by atoms with E-state index in [1.807, 2.05) is 87.2 Å². The summed E-state index contributed by atoms with van der Waals surface area (Å²) in [5.74, 6) is 0.610. The molecule has 3 unspecified atom stereocenters. The number of nitrogens with zero attached hydrogens (tertiary/aromatic N) is 2. The van der Waals surface area contributed by atoms with Crippen LogP contribution >= 0.6 is 23.2 Å². The van der Waals surface area contributed by atoms with Gasteiger partial charge in [-0.05, 0) is 95.3 Å². The minimum Gasteiger partial charge on any atom is -0.465 e. The van der Waals surface area contributed by atoms with Crippen molar-refractivity contribution >= 4 is 45.9 Å². The highest BCUT2D eigenvalue weighted by molar-refractivity contribution is 7.86. The first-order valence-corrected chi connectivity index (χ1v) is 16.7. The van der Waals surface area contributed by atoms with Crippen LogP contribution in [0.15, 0.2) is 72.9 Å². The van der Waals surface area contributed by atoms with Crippen LogP contribution in [0.4, 0.5) is 0 Å². The molecule has 1 aliphatic heterocycles. The summed E-state index contributed by atoms with van der Waals surface area (Å²) < 4.78 is 22.8. The molecule has 7 nitrogen and oxygen atoms in total. The zero-order chi connectivity index (χ0) is 32.4. The van der Waals surface area contributed by atoms with Crippen LogP contribution in [0.1, 0.15) is 68.2 Å². The molecule has 0 bridgehead atoms. The first-order valence-electron chi connectivity index (χ1n) is 14.6. The Labute approximate surface area is 273 Å². The van der Waals surface area contributed by atoms with Crippen molar-refractivity contribution in [2.45, 2.75) is 70.4 Å². The Bertz CT molecular complexity index is 1380. The van der Waals surface area contributed by atoms with Gasteiger partial charge in [0, 0.05) is 49.3 Å². The van der Waals surface area contributed by atoms with Crippen LogP contribution < -0.4 is 0 Å². The highest BCUT2D eigenvalue weighted by Gasteiger charge is 2.46.